The van der Waals surface area contributed by atoms with E-state index in [2.05, 4.69) is 30.1 Å². The van der Waals surface area contributed by atoms with Crippen molar-refractivity contribution >= 4 is 11.6 Å². The van der Waals surface area contributed by atoms with Crippen molar-refractivity contribution in [3.8, 4) is 5.82 Å². The third-order valence-corrected chi connectivity index (χ3v) is 4.91. The van der Waals surface area contributed by atoms with E-state index in [-0.39, 0.29) is 0 Å². The van der Waals surface area contributed by atoms with E-state index in [0.29, 0.717) is 5.92 Å². The first-order chi connectivity index (χ1) is 12.9. The second-order valence-corrected chi connectivity index (χ2v) is 6.72. The van der Waals surface area contributed by atoms with Crippen molar-refractivity contribution in [2.24, 2.45) is 0 Å². The lowest BCUT2D eigenvalue weighted by Gasteiger charge is -2.35. The monoisotopic (exact) mass is 348 g/mol. The zero-order valence-electron chi connectivity index (χ0n) is 14.4. The molecule has 0 unspecified atom stereocenters. The molecule has 132 valence electrons. The Bertz CT molecular complexity index is 864. The van der Waals surface area contributed by atoms with Crippen molar-refractivity contribution in [2.75, 3.05) is 36.0 Å². The molecule has 1 saturated heterocycles. The highest BCUT2D eigenvalue weighted by Gasteiger charge is 2.27. The molecule has 3 aromatic rings. The number of anilines is 2. The quantitative estimate of drug-likeness (QED) is 0.709. The molecule has 1 aliphatic carbocycles. The van der Waals surface area contributed by atoms with Crippen LogP contribution < -0.4 is 9.80 Å². The van der Waals surface area contributed by atoms with Gasteiger partial charge in [-0.1, -0.05) is 0 Å². The Morgan fingerprint density at radius 2 is 1.54 bits per heavy atom. The van der Waals surface area contributed by atoms with Crippen molar-refractivity contribution in [1.82, 2.24) is 29.9 Å². The molecule has 0 aromatic carbocycles. The zero-order chi connectivity index (χ0) is 17.3. The van der Waals surface area contributed by atoms with E-state index in [9.17, 15) is 0 Å². The van der Waals surface area contributed by atoms with Gasteiger partial charge in [0.05, 0.1) is 0 Å². The van der Waals surface area contributed by atoms with E-state index in [4.69, 9.17) is 4.98 Å². The fourth-order valence-corrected chi connectivity index (χ4v) is 3.26. The predicted molar refractivity (Wildman–Crippen MR) is 97.6 cm³/mol. The summed E-state index contributed by atoms with van der Waals surface area (Å²) in [7, 11) is 0. The average Bonchev–Trinajstić information content (AvgIpc) is 3.43. The summed E-state index contributed by atoms with van der Waals surface area (Å²) in [6.45, 7) is 3.64. The van der Waals surface area contributed by atoms with Crippen molar-refractivity contribution < 1.29 is 0 Å². The molecular weight excluding hydrogens is 328 g/mol. The van der Waals surface area contributed by atoms with Gasteiger partial charge in [-0.2, -0.15) is 5.10 Å². The van der Waals surface area contributed by atoms with Gasteiger partial charge in [0.2, 0.25) is 0 Å². The second-order valence-electron chi connectivity index (χ2n) is 6.72. The molecule has 8 heteroatoms. The minimum atomic E-state index is 0.583. The maximum Gasteiger partial charge on any atom is 0.175 e. The summed E-state index contributed by atoms with van der Waals surface area (Å²) >= 11 is 0. The lowest BCUT2D eigenvalue weighted by molar-refractivity contribution is 0.634. The Hall–Kier alpha value is -3.03. The first-order valence-electron chi connectivity index (χ1n) is 9.03. The number of hydrogen-bond donors (Lipinski definition) is 0. The third-order valence-electron chi connectivity index (χ3n) is 4.91. The van der Waals surface area contributed by atoms with Crippen LogP contribution in [-0.4, -0.2) is 56.1 Å². The molecule has 1 saturated carbocycles. The molecule has 0 amide bonds. The van der Waals surface area contributed by atoms with Gasteiger partial charge in [0, 0.05) is 50.7 Å². The summed E-state index contributed by atoms with van der Waals surface area (Å²) in [6.07, 6.45) is 7.94. The van der Waals surface area contributed by atoms with Crippen molar-refractivity contribution in [3.05, 3.63) is 48.7 Å². The molecular formula is C18H20N8. The van der Waals surface area contributed by atoms with Gasteiger partial charge < -0.3 is 9.80 Å². The number of rotatable bonds is 4. The van der Waals surface area contributed by atoms with Crippen LogP contribution in [0.15, 0.2) is 42.9 Å². The summed E-state index contributed by atoms with van der Waals surface area (Å²) < 4.78 is 1.71. The minimum Gasteiger partial charge on any atom is -0.353 e. The third kappa shape index (κ3) is 2.98. The van der Waals surface area contributed by atoms with E-state index in [1.807, 2.05) is 36.7 Å². The van der Waals surface area contributed by atoms with Crippen LogP contribution in [0.3, 0.4) is 0 Å². The standard InChI is InChI=1S/C18H20N8/c1-7-20-26(9-1)17-5-4-16(22-23-17)25-12-10-24(11-13-25)15-6-8-19-18(21-15)14-2-3-14/h1,4-9,14H,2-3,10-13H2. The molecule has 0 radical (unpaired) electrons. The lowest BCUT2D eigenvalue weighted by atomic mass is 10.3. The number of hydrogen-bond acceptors (Lipinski definition) is 7. The van der Waals surface area contributed by atoms with Gasteiger partial charge in [-0.15, -0.1) is 10.2 Å². The van der Waals surface area contributed by atoms with Crippen LogP contribution in [0.1, 0.15) is 24.6 Å². The molecule has 0 N–H and O–H groups in total. The van der Waals surface area contributed by atoms with Crippen LogP contribution in [0, 0.1) is 0 Å². The molecule has 0 bridgehead atoms. The topological polar surface area (TPSA) is 75.9 Å². The largest absolute Gasteiger partial charge is 0.353 e. The Kier molecular flexibility index (Phi) is 3.73. The maximum atomic E-state index is 4.75. The fraction of sp³-hybridized carbons (Fsp3) is 0.389. The van der Waals surface area contributed by atoms with Gasteiger partial charge >= 0.3 is 0 Å². The zero-order valence-corrected chi connectivity index (χ0v) is 14.4. The van der Waals surface area contributed by atoms with Gasteiger partial charge in [-0.05, 0) is 37.1 Å². The normalized spacial score (nSPS) is 17.5. The summed E-state index contributed by atoms with van der Waals surface area (Å²) in [5, 5.41) is 12.8. The van der Waals surface area contributed by atoms with Crippen LogP contribution in [-0.2, 0) is 0 Å². The van der Waals surface area contributed by atoms with E-state index >= 15 is 0 Å². The first kappa shape index (κ1) is 15.2. The highest BCUT2D eigenvalue weighted by molar-refractivity contribution is 5.45. The van der Waals surface area contributed by atoms with Crippen LogP contribution in [0.4, 0.5) is 11.6 Å². The van der Waals surface area contributed by atoms with Crippen molar-refractivity contribution in [2.45, 2.75) is 18.8 Å². The second kappa shape index (κ2) is 6.36. The van der Waals surface area contributed by atoms with E-state index in [0.717, 1.165) is 49.5 Å². The predicted octanol–water partition coefficient (Wildman–Crippen LogP) is 1.66. The van der Waals surface area contributed by atoms with Crippen molar-refractivity contribution in [1.29, 1.82) is 0 Å². The maximum absolute atomic E-state index is 4.75. The number of piperazine rings is 1. The Morgan fingerprint density at radius 1 is 0.808 bits per heavy atom. The molecule has 26 heavy (non-hydrogen) atoms. The van der Waals surface area contributed by atoms with Gasteiger partial charge in [0.1, 0.15) is 11.6 Å². The summed E-state index contributed by atoms with van der Waals surface area (Å²) in [5.74, 6) is 4.26. The first-order valence-corrected chi connectivity index (χ1v) is 9.03. The Balaban J connectivity index is 1.25. The SMILES string of the molecule is c1cnn(-c2ccc(N3CCN(c4ccnc(C5CC5)n4)CC3)nn2)c1. The average molecular weight is 348 g/mol. The lowest BCUT2D eigenvalue weighted by Crippen LogP contribution is -2.47. The molecule has 2 fully saturated rings. The summed E-state index contributed by atoms with van der Waals surface area (Å²) in [4.78, 5) is 13.8. The molecule has 5 rings (SSSR count). The summed E-state index contributed by atoms with van der Waals surface area (Å²) in [6, 6.07) is 7.85. The van der Waals surface area contributed by atoms with Gasteiger partial charge in [0.15, 0.2) is 11.6 Å². The number of nitrogens with zero attached hydrogens (tertiary/aromatic N) is 8. The fourth-order valence-electron chi connectivity index (χ4n) is 3.26. The van der Waals surface area contributed by atoms with Gasteiger partial charge in [-0.3, -0.25) is 0 Å². The van der Waals surface area contributed by atoms with Crippen LogP contribution >= 0.6 is 0 Å². The highest BCUT2D eigenvalue weighted by atomic mass is 15.4. The van der Waals surface area contributed by atoms with Crippen LogP contribution in [0.2, 0.25) is 0 Å². The minimum absolute atomic E-state index is 0.583. The van der Waals surface area contributed by atoms with Crippen LogP contribution in [0.25, 0.3) is 5.82 Å². The smallest absolute Gasteiger partial charge is 0.175 e. The number of aromatic nitrogens is 6. The Morgan fingerprint density at radius 3 is 2.19 bits per heavy atom. The Labute approximate surface area is 151 Å². The van der Waals surface area contributed by atoms with Crippen molar-refractivity contribution in [3.63, 3.8) is 0 Å². The van der Waals surface area contributed by atoms with Gasteiger partial charge in [-0.25, -0.2) is 14.6 Å². The molecule has 0 spiro atoms. The molecule has 3 aromatic heterocycles. The molecule has 2 aliphatic rings. The molecule has 4 heterocycles. The van der Waals surface area contributed by atoms with Gasteiger partial charge in [0.25, 0.3) is 0 Å². The molecule has 1 aliphatic heterocycles. The molecule has 8 nitrogen and oxygen atoms in total. The van der Waals surface area contributed by atoms with E-state index in [1.165, 1.54) is 12.8 Å². The van der Waals surface area contributed by atoms with Crippen LogP contribution in [0.5, 0.6) is 0 Å². The van der Waals surface area contributed by atoms with E-state index in [1.54, 1.807) is 10.9 Å². The highest BCUT2D eigenvalue weighted by Crippen LogP contribution is 2.38. The molecule has 0 atom stereocenters. The summed E-state index contributed by atoms with van der Waals surface area (Å²) in [5.41, 5.74) is 0. The van der Waals surface area contributed by atoms with E-state index < -0.39 is 0 Å².